The zero-order chi connectivity index (χ0) is 25.2. The van der Waals surface area contributed by atoms with Gasteiger partial charge in [-0.1, -0.05) is 48.0 Å². The number of hydrogen-bond acceptors (Lipinski definition) is 5. The molecule has 2 aromatic carbocycles. The Balaban J connectivity index is 1.48. The van der Waals surface area contributed by atoms with Gasteiger partial charge in [-0.05, 0) is 75.0 Å². The van der Waals surface area contributed by atoms with E-state index in [2.05, 4.69) is 33.4 Å². The van der Waals surface area contributed by atoms with Crippen molar-refractivity contribution in [2.75, 3.05) is 12.8 Å². The van der Waals surface area contributed by atoms with Gasteiger partial charge in [0.15, 0.2) is 0 Å². The summed E-state index contributed by atoms with van der Waals surface area (Å²) < 4.78 is 1.04. The van der Waals surface area contributed by atoms with Crippen LogP contribution in [0, 0.1) is 6.92 Å². The lowest BCUT2D eigenvalue weighted by atomic mass is 9.89. The number of nitrogens with two attached hydrogens (primary N) is 1. The van der Waals surface area contributed by atoms with Crippen molar-refractivity contribution in [2.24, 2.45) is 0 Å². The molecule has 1 aliphatic rings. The quantitative estimate of drug-likeness (QED) is 0.298. The van der Waals surface area contributed by atoms with Gasteiger partial charge in [0.05, 0.1) is 5.02 Å². The molecule has 4 aromatic rings. The number of nitrogens with one attached hydrogen (secondary N) is 1. The number of benzene rings is 2. The van der Waals surface area contributed by atoms with Gasteiger partial charge in [-0.2, -0.15) is 0 Å². The molecule has 0 aliphatic heterocycles. The number of fused-ring (bicyclic) bond motifs is 1. The van der Waals surface area contributed by atoms with Gasteiger partial charge in [0, 0.05) is 40.0 Å². The Bertz CT molecular complexity index is 1390. The van der Waals surface area contributed by atoms with Gasteiger partial charge in [-0.3, -0.25) is 4.79 Å². The van der Waals surface area contributed by atoms with Gasteiger partial charge in [0.25, 0.3) is 5.91 Å². The molecular weight excluding hydrogens is 488 g/mol. The minimum absolute atomic E-state index is 0.0184. The molecular formula is C29H31ClN4OS. The number of halogens is 1. The maximum atomic E-state index is 14.0. The second kappa shape index (κ2) is 10.6. The van der Waals surface area contributed by atoms with Crippen molar-refractivity contribution in [3.05, 3.63) is 81.8 Å². The Kier molecular flexibility index (Phi) is 7.28. The van der Waals surface area contributed by atoms with Crippen molar-refractivity contribution in [3.8, 4) is 11.1 Å². The summed E-state index contributed by atoms with van der Waals surface area (Å²) in [7, 11) is 2.02. The molecule has 1 amide bonds. The number of aryl methyl sites for hydroxylation is 1. The van der Waals surface area contributed by atoms with E-state index in [-0.39, 0.29) is 11.9 Å². The first-order valence-corrected chi connectivity index (χ1v) is 13.6. The van der Waals surface area contributed by atoms with E-state index in [1.165, 1.54) is 11.3 Å². The smallest absolute Gasteiger partial charge is 0.266 e. The zero-order valence-electron chi connectivity index (χ0n) is 20.6. The van der Waals surface area contributed by atoms with E-state index in [9.17, 15) is 4.79 Å². The van der Waals surface area contributed by atoms with Crippen LogP contribution in [0.5, 0.6) is 0 Å². The third-order valence-corrected chi connectivity index (χ3v) is 8.90. The van der Waals surface area contributed by atoms with E-state index in [4.69, 9.17) is 17.3 Å². The van der Waals surface area contributed by atoms with Crippen LogP contribution < -0.4 is 11.1 Å². The summed E-state index contributed by atoms with van der Waals surface area (Å²) in [5.41, 5.74) is 9.96. The number of carbonyl (C=O) groups excluding carboxylic acids is 1. The fourth-order valence-corrected chi connectivity index (χ4v) is 6.71. The summed E-state index contributed by atoms with van der Waals surface area (Å²) in [6.07, 6.45) is 4.06. The third-order valence-electron chi connectivity index (χ3n) is 7.23. The van der Waals surface area contributed by atoms with Crippen LogP contribution in [0.4, 0.5) is 5.82 Å². The number of carbonyl (C=O) groups is 1. The van der Waals surface area contributed by atoms with Crippen LogP contribution in [-0.2, 0) is 6.54 Å². The topological polar surface area (TPSA) is 71.2 Å². The summed E-state index contributed by atoms with van der Waals surface area (Å²) in [6, 6.07) is 20.9. The largest absolute Gasteiger partial charge is 0.384 e. The van der Waals surface area contributed by atoms with Crippen LogP contribution in [0.25, 0.3) is 21.2 Å². The van der Waals surface area contributed by atoms with Crippen molar-refractivity contribution in [1.29, 1.82) is 0 Å². The molecule has 186 valence electrons. The Morgan fingerprint density at radius 2 is 1.89 bits per heavy atom. The SMILES string of the molecule is CNC1CCC(N(Cc2cccc(-c3ccc(N)nc3C)c2)C(=O)c2sc3ccccc3c2Cl)CC1. The van der Waals surface area contributed by atoms with Crippen molar-refractivity contribution in [3.63, 3.8) is 0 Å². The highest BCUT2D eigenvalue weighted by Crippen LogP contribution is 2.37. The van der Waals surface area contributed by atoms with Crippen molar-refractivity contribution < 1.29 is 4.79 Å². The molecule has 3 N–H and O–H groups in total. The summed E-state index contributed by atoms with van der Waals surface area (Å²) in [6.45, 7) is 2.51. The van der Waals surface area contributed by atoms with E-state index >= 15 is 0 Å². The fourth-order valence-electron chi connectivity index (χ4n) is 5.24. The zero-order valence-corrected chi connectivity index (χ0v) is 22.2. The summed E-state index contributed by atoms with van der Waals surface area (Å²) in [5.74, 6) is 0.534. The minimum Gasteiger partial charge on any atom is -0.384 e. The van der Waals surface area contributed by atoms with Crippen LogP contribution in [0.15, 0.2) is 60.7 Å². The summed E-state index contributed by atoms with van der Waals surface area (Å²) >= 11 is 8.24. The number of pyridine rings is 1. The molecule has 2 heterocycles. The highest BCUT2D eigenvalue weighted by atomic mass is 35.5. The lowest BCUT2D eigenvalue weighted by Gasteiger charge is -2.37. The Morgan fingerprint density at radius 3 is 2.61 bits per heavy atom. The standard InChI is InChI=1S/C29H31ClN4OS/c1-18-23(14-15-26(31)33-18)20-7-5-6-19(16-20)17-34(22-12-10-21(32-2)11-13-22)29(35)28-27(30)24-8-3-4-9-25(24)36-28/h3-9,14-16,21-22,32H,10-13,17H2,1-2H3,(H2,31,33). The second-order valence-corrected chi connectivity index (χ2v) is 11.0. The first-order valence-electron chi connectivity index (χ1n) is 12.4. The number of rotatable bonds is 6. The second-order valence-electron chi connectivity index (χ2n) is 9.54. The normalized spacial score (nSPS) is 17.9. The maximum absolute atomic E-state index is 14.0. The van der Waals surface area contributed by atoms with Crippen LogP contribution in [-0.4, -0.2) is 34.9 Å². The Morgan fingerprint density at radius 1 is 1.11 bits per heavy atom. The number of anilines is 1. The number of nitrogens with zero attached hydrogens (tertiary/aromatic N) is 2. The highest BCUT2D eigenvalue weighted by molar-refractivity contribution is 7.21. The van der Waals surface area contributed by atoms with Crippen molar-refractivity contribution in [1.82, 2.24) is 15.2 Å². The molecule has 1 saturated carbocycles. The lowest BCUT2D eigenvalue weighted by Crippen LogP contribution is -2.44. The molecule has 0 atom stereocenters. The van der Waals surface area contributed by atoms with Crippen LogP contribution in [0.1, 0.15) is 46.6 Å². The molecule has 0 spiro atoms. The van der Waals surface area contributed by atoms with Gasteiger partial charge in [-0.25, -0.2) is 4.98 Å². The van der Waals surface area contributed by atoms with E-state index in [0.717, 1.165) is 58.2 Å². The molecule has 2 aromatic heterocycles. The molecule has 5 rings (SSSR count). The molecule has 1 fully saturated rings. The van der Waals surface area contributed by atoms with Gasteiger partial charge in [0.2, 0.25) is 0 Å². The van der Waals surface area contributed by atoms with E-state index < -0.39 is 0 Å². The molecule has 0 unspecified atom stereocenters. The predicted octanol–water partition coefficient (Wildman–Crippen LogP) is 6.68. The number of amides is 1. The van der Waals surface area contributed by atoms with Gasteiger partial charge < -0.3 is 16.0 Å². The monoisotopic (exact) mass is 518 g/mol. The van der Waals surface area contributed by atoms with Gasteiger partial charge in [0.1, 0.15) is 10.7 Å². The third kappa shape index (κ3) is 4.99. The first kappa shape index (κ1) is 24.8. The first-order chi connectivity index (χ1) is 17.4. The van der Waals surface area contributed by atoms with E-state index in [1.807, 2.05) is 56.4 Å². The molecule has 5 nitrogen and oxygen atoms in total. The van der Waals surface area contributed by atoms with Gasteiger partial charge >= 0.3 is 0 Å². The predicted molar refractivity (Wildman–Crippen MR) is 151 cm³/mol. The summed E-state index contributed by atoms with van der Waals surface area (Å²) in [4.78, 5) is 21.1. The Labute approximate surface area is 221 Å². The fraction of sp³-hybridized carbons (Fsp3) is 0.310. The van der Waals surface area contributed by atoms with E-state index in [1.54, 1.807) is 0 Å². The van der Waals surface area contributed by atoms with Crippen LogP contribution in [0.3, 0.4) is 0 Å². The maximum Gasteiger partial charge on any atom is 0.266 e. The average molecular weight is 519 g/mol. The molecule has 0 saturated heterocycles. The summed E-state index contributed by atoms with van der Waals surface area (Å²) in [5, 5.41) is 4.90. The number of nitrogen functional groups attached to an aromatic ring is 1. The highest BCUT2D eigenvalue weighted by Gasteiger charge is 2.31. The Hall–Kier alpha value is -2.93. The molecule has 0 bridgehead atoms. The number of aromatic nitrogens is 1. The van der Waals surface area contributed by atoms with Gasteiger partial charge in [-0.15, -0.1) is 11.3 Å². The number of thiophene rings is 1. The van der Waals surface area contributed by atoms with Crippen molar-refractivity contribution in [2.45, 2.75) is 51.2 Å². The number of hydrogen-bond donors (Lipinski definition) is 2. The lowest BCUT2D eigenvalue weighted by molar-refractivity contribution is 0.0606. The molecule has 0 radical (unpaired) electrons. The molecule has 1 aliphatic carbocycles. The van der Waals surface area contributed by atoms with Crippen LogP contribution in [0.2, 0.25) is 5.02 Å². The van der Waals surface area contributed by atoms with Crippen molar-refractivity contribution >= 4 is 44.7 Å². The molecule has 7 heteroatoms. The van der Waals surface area contributed by atoms with Crippen LogP contribution >= 0.6 is 22.9 Å². The van der Waals surface area contributed by atoms with E-state index in [0.29, 0.717) is 28.3 Å². The molecule has 36 heavy (non-hydrogen) atoms. The average Bonchev–Trinajstić information content (AvgIpc) is 3.23. The minimum atomic E-state index is 0.0184.